The normalized spacial score (nSPS) is 15.9. The van der Waals surface area contributed by atoms with E-state index >= 15 is 0 Å². The van der Waals surface area contributed by atoms with Crippen LogP contribution in [0.3, 0.4) is 0 Å². The predicted molar refractivity (Wildman–Crippen MR) is 66.5 cm³/mol. The average Bonchev–Trinajstić information content (AvgIpc) is 2.15. The van der Waals surface area contributed by atoms with Gasteiger partial charge in [0.05, 0.1) is 0 Å². The van der Waals surface area contributed by atoms with Crippen molar-refractivity contribution in [3.63, 3.8) is 0 Å². The Balaban J connectivity index is 2.10. The number of hydrogen-bond acceptors (Lipinski definition) is 1. The minimum Gasteiger partial charge on any atom is -0.326 e. The van der Waals surface area contributed by atoms with Crippen LogP contribution in [0, 0.1) is 5.92 Å². The molecule has 0 atom stereocenters. The molecule has 0 saturated heterocycles. The smallest absolute Gasteiger partial charge is 0.227 e. The summed E-state index contributed by atoms with van der Waals surface area (Å²) in [6.07, 6.45) is 3.30. The van der Waals surface area contributed by atoms with Gasteiger partial charge in [0, 0.05) is 11.6 Å². The second kappa shape index (κ2) is 4.69. The monoisotopic (exact) mass is 217 g/mol. The Kier molecular flexibility index (Phi) is 3.28. The molecule has 1 aliphatic carbocycles. The van der Waals surface area contributed by atoms with Crippen LogP contribution in [0.15, 0.2) is 24.3 Å². The third kappa shape index (κ3) is 2.26. The van der Waals surface area contributed by atoms with Crippen LogP contribution >= 0.6 is 0 Å². The molecular formula is C14H19NO. The zero-order valence-electron chi connectivity index (χ0n) is 9.99. The van der Waals surface area contributed by atoms with E-state index in [1.54, 1.807) is 0 Å². The lowest BCUT2D eigenvalue weighted by Gasteiger charge is -2.25. The molecule has 0 heterocycles. The number of anilines is 1. The molecular weight excluding hydrogens is 198 g/mol. The van der Waals surface area contributed by atoms with Gasteiger partial charge in [0.1, 0.15) is 0 Å². The molecule has 1 aromatic carbocycles. The zero-order chi connectivity index (χ0) is 11.5. The Labute approximate surface area is 97.1 Å². The topological polar surface area (TPSA) is 29.1 Å². The largest absolute Gasteiger partial charge is 0.326 e. The van der Waals surface area contributed by atoms with Gasteiger partial charge in [-0.15, -0.1) is 0 Å². The van der Waals surface area contributed by atoms with Gasteiger partial charge in [-0.05, 0) is 30.4 Å². The molecule has 16 heavy (non-hydrogen) atoms. The maximum atomic E-state index is 11.9. The number of rotatable bonds is 3. The van der Waals surface area contributed by atoms with Crippen LogP contribution in [0.4, 0.5) is 5.69 Å². The number of benzene rings is 1. The van der Waals surface area contributed by atoms with Gasteiger partial charge in [-0.2, -0.15) is 0 Å². The summed E-state index contributed by atoms with van der Waals surface area (Å²) in [6, 6.07) is 8.07. The molecule has 1 amide bonds. The molecule has 1 aromatic rings. The van der Waals surface area contributed by atoms with Crippen molar-refractivity contribution < 1.29 is 4.79 Å². The summed E-state index contributed by atoms with van der Waals surface area (Å²) >= 11 is 0. The van der Waals surface area contributed by atoms with Gasteiger partial charge in [-0.1, -0.05) is 38.5 Å². The van der Waals surface area contributed by atoms with Crippen molar-refractivity contribution in [2.24, 2.45) is 5.92 Å². The summed E-state index contributed by atoms with van der Waals surface area (Å²) in [7, 11) is 0. The van der Waals surface area contributed by atoms with Crippen molar-refractivity contribution in [2.75, 3.05) is 5.32 Å². The average molecular weight is 217 g/mol. The van der Waals surface area contributed by atoms with Gasteiger partial charge in [0.15, 0.2) is 0 Å². The molecule has 0 spiro atoms. The van der Waals surface area contributed by atoms with E-state index in [0.717, 1.165) is 18.5 Å². The minimum atomic E-state index is 0.194. The van der Waals surface area contributed by atoms with Crippen LogP contribution in [0.5, 0.6) is 0 Å². The summed E-state index contributed by atoms with van der Waals surface area (Å²) in [5, 5.41) is 3.05. The second-order valence-electron chi connectivity index (χ2n) is 4.86. The van der Waals surface area contributed by atoms with E-state index in [-0.39, 0.29) is 11.8 Å². The minimum absolute atomic E-state index is 0.194. The van der Waals surface area contributed by atoms with E-state index < -0.39 is 0 Å². The maximum absolute atomic E-state index is 11.9. The van der Waals surface area contributed by atoms with E-state index in [4.69, 9.17) is 0 Å². The number of carbonyl (C=O) groups is 1. The first-order valence-corrected chi connectivity index (χ1v) is 6.08. The Morgan fingerprint density at radius 2 is 2.00 bits per heavy atom. The van der Waals surface area contributed by atoms with Crippen molar-refractivity contribution in [1.82, 2.24) is 0 Å². The molecule has 2 nitrogen and oxygen atoms in total. The van der Waals surface area contributed by atoms with Crippen LogP contribution in [-0.2, 0) is 4.79 Å². The molecule has 0 aliphatic heterocycles. The summed E-state index contributed by atoms with van der Waals surface area (Å²) in [4.78, 5) is 11.9. The first-order chi connectivity index (χ1) is 7.68. The SMILES string of the molecule is CC(C)c1ccccc1NC(=O)C1CCC1. The summed E-state index contributed by atoms with van der Waals surface area (Å²) in [5.41, 5.74) is 2.20. The van der Waals surface area contributed by atoms with Crippen LogP contribution in [-0.4, -0.2) is 5.91 Å². The second-order valence-corrected chi connectivity index (χ2v) is 4.86. The van der Waals surface area contributed by atoms with Crippen molar-refractivity contribution in [3.05, 3.63) is 29.8 Å². The molecule has 1 saturated carbocycles. The summed E-state index contributed by atoms with van der Waals surface area (Å²) < 4.78 is 0. The van der Waals surface area contributed by atoms with Crippen LogP contribution in [0.1, 0.15) is 44.6 Å². The van der Waals surface area contributed by atoms with Gasteiger partial charge in [0.25, 0.3) is 0 Å². The van der Waals surface area contributed by atoms with E-state index in [1.807, 2.05) is 18.2 Å². The molecule has 0 aromatic heterocycles. The predicted octanol–water partition coefficient (Wildman–Crippen LogP) is 3.55. The lowest BCUT2D eigenvalue weighted by Crippen LogP contribution is -2.28. The summed E-state index contributed by atoms with van der Waals surface area (Å²) in [6.45, 7) is 4.29. The maximum Gasteiger partial charge on any atom is 0.227 e. The Hall–Kier alpha value is -1.31. The Bertz CT molecular complexity index is 380. The molecule has 1 aliphatic rings. The quantitative estimate of drug-likeness (QED) is 0.824. The molecule has 1 N–H and O–H groups in total. The highest BCUT2D eigenvalue weighted by Gasteiger charge is 2.25. The standard InChI is InChI=1S/C14H19NO/c1-10(2)12-8-3-4-9-13(12)15-14(16)11-6-5-7-11/h3-4,8-11H,5-7H2,1-2H3,(H,15,16). The Morgan fingerprint density at radius 3 is 2.56 bits per heavy atom. The van der Waals surface area contributed by atoms with Crippen LogP contribution in [0.2, 0.25) is 0 Å². The highest BCUT2D eigenvalue weighted by molar-refractivity contribution is 5.93. The molecule has 0 radical (unpaired) electrons. The van der Waals surface area contributed by atoms with Gasteiger partial charge < -0.3 is 5.32 Å². The lowest BCUT2D eigenvalue weighted by atomic mass is 9.84. The third-order valence-electron chi connectivity index (χ3n) is 3.32. The van der Waals surface area contributed by atoms with E-state index in [0.29, 0.717) is 5.92 Å². The molecule has 2 heteroatoms. The van der Waals surface area contributed by atoms with Crippen LogP contribution < -0.4 is 5.32 Å². The number of amides is 1. The molecule has 0 bridgehead atoms. The first-order valence-electron chi connectivity index (χ1n) is 6.08. The number of nitrogens with one attached hydrogen (secondary N) is 1. The lowest BCUT2D eigenvalue weighted by molar-refractivity contribution is -0.122. The third-order valence-corrected chi connectivity index (χ3v) is 3.32. The number of hydrogen-bond donors (Lipinski definition) is 1. The molecule has 0 unspecified atom stereocenters. The fourth-order valence-corrected chi connectivity index (χ4v) is 2.02. The van der Waals surface area contributed by atoms with Crippen molar-refractivity contribution >= 4 is 11.6 Å². The van der Waals surface area contributed by atoms with Gasteiger partial charge in [-0.3, -0.25) is 4.79 Å². The highest BCUT2D eigenvalue weighted by Crippen LogP contribution is 2.29. The fraction of sp³-hybridized carbons (Fsp3) is 0.500. The Morgan fingerprint density at radius 1 is 1.31 bits per heavy atom. The van der Waals surface area contributed by atoms with Crippen molar-refractivity contribution in [1.29, 1.82) is 0 Å². The van der Waals surface area contributed by atoms with Crippen molar-refractivity contribution in [2.45, 2.75) is 39.0 Å². The molecule has 86 valence electrons. The fourth-order valence-electron chi connectivity index (χ4n) is 2.02. The number of para-hydroxylation sites is 1. The van der Waals surface area contributed by atoms with E-state index in [9.17, 15) is 4.79 Å². The first kappa shape index (κ1) is 11.2. The van der Waals surface area contributed by atoms with Gasteiger partial charge >= 0.3 is 0 Å². The van der Waals surface area contributed by atoms with Gasteiger partial charge in [-0.25, -0.2) is 0 Å². The van der Waals surface area contributed by atoms with Gasteiger partial charge in [0.2, 0.25) is 5.91 Å². The van der Waals surface area contributed by atoms with E-state index in [2.05, 4.69) is 25.2 Å². The molecule has 1 fully saturated rings. The summed E-state index contributed by atoms with van der Waals surface area (Å²) in [5.74, 6) is 0.887. The molecule has 2 rings (SSSR count). The number of carbonyl (C=O) groups excluding carboxylic acids is 1. The zero-order valence-corrected chi connectivity index (χ0v) is 9.99. The van der Waals surface area contributed by atoms with Crippen LogP contribution in [0.25, 0.3) is 0 Å². The highest BCUT2D eigenvalue weighted by atomic mass is 16.1. The van der Waals surface area contributed by atoms with E-state index in [1.165, 1.54) is 12.0 Å². The van der Waals surface area contributed by atoms with Crippen molar-refractivity contribution in [3.8, 4) is 0 Å².